The maximum Gasteiger partial charge on any atom is 0.261 e. The molecule has 0 spiro atoms. The minimum atomic E-state index is -3.90. The van der Waals surface area contributed by atoms with E-state index in [2.05, 4.69) is 4.72 Å². The lowest BCUT2D eigenvalue weighted by atomic mass is 10.2. The first-order chi connectivity index (χ1) is 13.2. The molecule has 0 unspecified atom stereocenters. The van der Waals surface area contributed by atoms with Crippen LogP contribution in [0.5, 0.6) is 5.75 Å². The van der Waals surface area contributed by atoms with Gasteiger partial charge in [-0.05, 0) is 55.3 Å². The zero-order chi connectivity index (χ0) is 20.4. The molecule has 2 aromatic carbocycles. The molecule has 1 fully saturated rings. The van der Waals surface area contributed by atoms with Crippen LogP contribution in [0.1, 0.15) is 19.3 Å². The molecule has 0 atom stereocenters. The molecule has 1 saturated heterocycles. The average molecular weight is 445 g/mol. The number of sulfonamides is 2. The lowest BCUT2D eigenvalue weighted by molar-refractivity contribution is 0.346. The third kappa shape index (κ3) is 4.43. The van der Waals surface area contributed by atoms with Crippen molar-refractivity contribution in [2.24, 2.45) is 0 Å². The van der Waals surface area contributed by atoms with Gasteiger partial charge in [-0.3, -0.25) is 4.72 Å². The van der Waals surface area contributed by atoms with Gasteiger partial charge in [0.15, 0.2) is 0 Å². The van der Waals surface area contributed by atoms with E-state index in [4.69, 9.17) is 16.3 Å². The van der Waals surface area contributed by atoms with Gasteiger partial charge >= 0.3 is 0 Å². The molecule has 28 heavy (non-hydrogen) atoms. The van der Waals surface area contributed by atoms with Gasteiger partial charge in [-0.2, -0.15) is 4.31 Å². The molecule has 3 rings (SSSR count). The fraction of sp³-hybridized carbons (Fsp3) is 0.333. The molecule has 0 aliphatic carbocycles. The van der Waals surface area contributed by atoms with E-state index in [-0.39, 0.29) is 20.5 Å². The molecular weight excluding hydrogens is 424 g/mol. The van der Waals surface area contributed by atoms with Gasteiger partial charge in [0, 0.05) is 13.1 Å². The summed E-state index contributed by atoms with van der Waals surface area (Å²) in [6, 6.07) is 9.94. The Hall–Kier alpha value is -1.81. The van der Waals surface area contributed by atoms with Crippen LogP contribution in [0.2, 0.25) is 5.02 Å². The van der Waals surface area contributed by atoms with E-state index in [9.17, 15) is 16.8 Å². The predicted octanol–water partition coefficient (Wildman–Crippen LogP) is 3.32. The Morgan fingerprint density at radius 3 is 2.21 bits per heavy atom. The maximum absolute atomic E-state index is 12.9. The summed E-state index contributed by atoms with van der Waals surface area (Å²) in [6.07, 6.45) is 2.57. The van der Waals surface area contributed by atoms with E-state index < -0.39 is 20.0 Å². The number of hydrogen-bond donors (Lipinski definition) is 1. The lowest BCUT2D eigenvalue weighted by Gasteiger charge is -2.26. The molecule has 1 N–H and O–H groups in total. The number of hydrogen-bond acceptors (Lipinski definition) is 5. The van der Waals surface area contributed by atoms with Crippen molar-refractivity contribution in [3.8, 4) is 5.75 Å². The number of nitrogens with one attached hydrogen (secondary N) is 1. The Labute approximate surface area is 170 Å². The van der Waals surface area contributed by atoms with Crippen molar-refractivity contribution < 1.29 is 21.6 Å². The van der Waals surface area contributed by atoms with Crippen molar-refractivity contribution >= 4 is 37.3 Å². The minimum absolute atomic E-state index is 0.0312. The summed E-state index contributed by atoms with van der Waals surface area (Å²) in [5.41, 5.74) is 0.121. The lowest BCUT2D eigenvalue weighted by Crippen LogP contribution is -2.35. The van der Waals surface area contributed by atoms with Gasteiger partial charge in [-0.1, -0.05) is 18.0 Å². The summed E-state index contributed by atoms with van der Waals surface area (Å²) in [4.78, 5) is -0.0744. The van der Waals surface area contributed by atoms with Crippen LogP contribution >= 0.6 is 11.6 Å². The highest BCUT2D eigenvalue weighted by Crippen LogP contribution is 2.30. The molecular formula is C18H21ClN2O5S2. The first-order valence-electron chi connectivity index (χ1n) is 8.70. The number of methoxy groups -OCH3 is 1. The predicted molar refractivity (Wildman–Crippen MR) is 108 cm³/mol. The normalized spacial score (nSPS) is 15.9. The summed E-state index contributed by atoms with van der Waals surface area (Å²) < 4.78 is 59.9. The van der Waals surface area contributed by atoms with Crippen molar-refractivity contribution in [3.63, 3.8) is 0 Å². The molecule has 2 aromatic rings. The second kappa shape index (κ2) is 8.28. The third-order valence-corrected chi connectivity index (χ3v) is 8.26. The van der Waals surface area contributed by atoms with Crippen molar-refractivity contribution in [1.82, 2.24) is 4.31 Å². The third-order valence-electron chi connectivity index (χ3n) is 4.49. The van der Waals surface area contributed by atoms with E-state index in [0.29, 0.717) is 18.8 Å². The Kier molecular flexibility index (Phi) is 6.18. The monoisotopic (exact) mass is 444 g/mol. The summed E-state index contributed by atoms with van der Waals surface area (Å²) in [7, 11) is -6.20. The summed E-state index contributed by atoms with van der Waals surface area (Å²) in [5.74, 6) is 0.528. The van der Waals surface area contributed by atoms with Crippen molar-refractivity contribution in [2.75, 3.05) is 24.9 Å². The summed E-state index contributed by atoms with van der Waals surface area (Å²) in [5, 5.41) is 0.0537. The van der Waals surface area contributed by atoms with Gasteiger partial charge < -0.3 is 4.74 Å². The SMILES string of the molecule is COc1ccc(S(=O)(=O)Nc2ccc(Cl)c(S(=O)(=O)N3CCCCC3)c2)cc1. The number of anilines is 1. The zero-order valence-corrected chi connectivity index (χ0v) is 17.6. The van der Waals surface area contributed by atoms with E-state index >= 15 is 0 Å². The fourth-order valence-corrected chi connectivity index (χ4v) is 6.04. The first-order valence-corrected chi connectivity index (χ1v) is 12.0. The second-order valence-corrected chi connectivity index (χ2v) is 10.4. The highest BCUT2D eigenvalue weighted by Gasteiger charge is 2.28. The van der Waals surface area contributed by atoms with Gasteiger partial charge in [0.1, 0.15) is 10.6 Å². The Morgan fingerprint density at radius 2 is 1.61 bits per heavy atom. The summed E-state index contributed by atoms with van der Waals surface area (Å²) >= 11 is 6.12. The Morgan fingerprint density at radius 1 is 0.964 bits per heavy atom. The summed E-state index contributed by atoms with van der Waals surface area (Å²) in [6.45, 7) is 0.862. The number of piperidine rings is 1. The van der Waals surface area contributed by atoms with Crippen LogP contribution in [-0.2, 0) is 20.0 Å². The minimum Gasteiger partial charge on any atom is -0.497 e. The van der Waals surface area contributed by atoms with Gasteiger partial charge in [-0.25, -0.2) is 16.8 Å². The number of nitrogens with zero attached hydrogens (tertiary/aromatic N) is 1. The van der Waals surface area contributed by atoms with Gasteiger partial charge in [0.25, 0.3) is 10.0 Å². The molecule has 1 aliphatic heterocycles. The molecule has 10 heteroatoms. The molecule has 0 amide bonds. The molecule has 0 aromatic heterocycles. The van der Waals surface area contributed by atoms with E-state index in [0.717, 1.165) is 19.3 Å². The topological polar surface area (TPSA) is 92.8 Å². The van der Waals surface area contributed by atoms with Crippen LogP contribution in [0.4, 0.5) is 5.69 Å². The number of rotatable bonds is 6. The van der Waals surface area contributed by atoms with Crippen LogP contribution in [-0.4, -0.2) is 41.3 Å². The highest BCUT2D eigenvalue weighted by atomic mass is 35.5. The van der Waals surface area contributed by atoms with Crippen LogP contribution in [0.3, 0.4) is 0 Å². The Bertz CT molecular complexity index is 1050. The second-order valence-electron chi connectivity index (χ2n) is 6.39. The maximum atomic E-state index is 12.9. The van der Waals surface area contributed by atoms with Crippen molar-refractivity contribution in [3.05, 3.63) is 47.5 Å². The van der Waals surface area contributed by atoms with Gasteiger partial charge in [0.05, 0.1) is 22.7 Å². The van der Waals surface area contributed by atoms with E-state index in [1.165, 1.54) is 53.9 Å². The smallest absolute Gasteiger partial charge is 0.261 e. The van der Waals surface area contributed by atoms with Crippen molar-refractivity contribution in [1.29, 1.82) is 0 Å². The highest BCUT2D eigenvalue weighted by molar-refractivity contribution is 7.92. The molecule has 0 bridgehead atoms. The number of halogens is 1. The molecule has 0 radical (unpaired) electrons. The van der Waals surface area contributed by atoms with E-state index in [1.54, 1.807) is 0 Å². The van der Waals surface area contributed by atoms with Crippen molar-refractivity contribution in [2.45, 2.75) is 29.1 Å². The molecule has 152 valence electrons. The average Bonchev–Trinajstić information content (AvgIpc) is 2.70. The quantitative estimate of drug-likeness (QED) is 0.737. The van der Waals surface area contributed by atoms with Crippen LogP contribution < -0.4 is 9.46 Å². The number of benzene rings is 2. The van der Waals surface area contributed by atoms with Crippen LogP contribution in [0.25, 0.3) is 0 Å². The largest absolute Gasteiger partial charge is 0.497 e. The molecule has 7 nitrogen and oxygen atoms in total. The van der Waals surface area contributed by atoms with E-state index in [1.807, 2.05) is 0 Å². The Balaban J connectivity index is 1.90. The zero-order valence-electron chi connectivity index (χ0n) is 15.3. The van der Waals surface area contributed by atoms with Gasteiger partial charge in [0.2, 0.25) is 10.0 Å². The van der Waals surface area contributed by atoms with Crippen LogP contribution in [0.15, 0.2) is 52.3 Å². The molecule has 1 heterocycles. The fourth-order valence-electron chi connectivity index (χ4n) is 2.98. The molecule has 0 saturated carbocycles. The molecule has 1 aliphatic rings. The first kappa shape index (κ1) is 20.9. The van der Waals surface area contributed by atoms with Crippen LogP contribution in [0, 0.1) is 0 Å². The standard InChI is InChI=1S/C18H21ClN2O5S2/c1-26-15-6-8-16(9-7-15)27(22,23)20-14-5-10-17(19)18(13-14)28(24,25)21-11-3-2-4-12-21/h5-10,13,20H,2-4,11-12H2,1H3. The van der Waals surface area contributed by atoms with Gasteiger partial charge in [-0.15, -0.1) is 0 Å². The number of ether oxygens (including phenoxy) is 1.